The van der Waals surface area contributed by atoms with Crippen LogP contribution in [0.4, 0.5) is 3.89 Å². The van der Waals surface area contributed by atoms with E-state index in [4.69, 9.17) is 9.15 Å². The summed E-state index contributed by atoms with van der Waals surface area (Å²) in [4.78, 5) is 23.9. The maximum absolute atomic E-state index is 13.4. The molecule has 0 saturated carbocycles. The van der Waals surface area contributed by atoms with E-state index in [1.807, 2.05) is 0 Å². The topological polar surface area (TPSA) is 90.7 Å². The van der Waals surface area contributed by atoms with Crippen molar-refractivity contribution in [2.75, 3.05) is 7.11 Å². The summed E-state index contributed by atoms with van der Waals surface area (Å²) in [6.07, 6.45) is 0. The molecule has 25 heavy (non-hydrogen) atoms. The van der Waals surface area contributed by atoms with Crippen LogP contribution in [0.25, 0.3) is 11.0 Å². The molecule has 0 N–H and O–H groups in total. The number of carbonyl (C=O) groups is 1. The first-order valence-corrected chi connectivity index (χ1v) is 8.40. The van der Waals surface area contributed by atoms with Crippen molar-refractivity contribution in [2.45, 2.75) is 4.90 Å². The first kappa shape index (κ1) is 16.8. The Bertz CT molecular complexity index is 1150. The maximum atomic E-state index is 13.4. The Labute approximate surface area is 141 Å². The Balaban J connectivity index is 2.19. The van der Waals surface area contributed by atoms with Gasteiger partial charge in [0.25, 0.3) is 0 Å². The van der Waals surface area contributed by atoms with Crippen LogP contribution in [0.2, 0.25) is 0 Å². The van der Waals surface area contributed by atoms with E-state index in [1.165, 1.54) is 31.4 Å². The van der Waals surface area contributed by atoms with Crippen molar-refractivity contribution >= 4 is 27.0 Å². The van der Waals surface area contributed by atoms with E-state index in [1.54, 1.807) is 12.1 Å². The highest BCUT2D eigenvalue weighted by Gasteiger charge is 2.24. The van der Waals surface area contributed by atoms with Gasteiger partial charge in [0.2, 0.25) is 5.78 Å². The summed E-state index contributed by atoms with van der Waals surface area (Å²) in [7, 11) is -3.67. The van der Waals surface area contributed by atoms with E-state index in [2.05, 4.69) is 0 Å². The molecule has 3 aromatic rings. The molecule has 3 rings (SSSR count). The van der Waals surface area contributed by atoms with Crippen molar-refractivity contribution in [2.24, 2.45) is 0 Å². The highest BCUT2D eigenvalue weighted by molar-refractivity contribution is 7.86. The van der Waals surface area contributed by atoms with Gasteiger partial charge in [-0.05, 0) is 30.3 Å². The van der Waals surface area contributed by atoms with Gasteiger partial charge in [0.05, 0.1) is 7.11 Å². The summed E-state index contributed by atoms with van der Waals surface area (Å²) in [6.45, 7) is 0. The van der Waals surface area contributed by atoms with Crippen LogP contribution >= 0.6 is 0 Å². The van der Waals surface area contributed by atoms with Crippen LogP contribution in [0.3, 0.4) is 0 Å². The number of rotatable bonds is 4. The largest absolute Gasteiger partial charge is 0.497 e. The normalized spacial score (nSPS) is 11.4. The lowest BCUT2D eigenvalue weighted by Crippen LogP contribution is -2.16. The summed E-state index contributed by atoms with van der Waals surface area (Å²) < 4.78 is 46.0. The molecule has 0 spiro atoms. The molecule has 0 saturated heterocycles. The fraction of sp³-hybridized carbons (Fsp3) is 0.0588. The van der Waals surface area contributed by atoms with E-state index in [0.29, 0.717) is 11.1 Å². The molecule has 0 radical (unpaired) electrons. The molecule has 0 amide bonds. The van der Waals surface area contributed by atoms with Crippen molar-refractivity contribution in [3.8, 4) is 5.75 Å². The zero-order chi connectivity index (χ0) is 18.2. The molecule has 0 aliphatic heterocycles. The first-order chi connectivity index (χ1) is 11.8. The summed E-state index contributed by atoms with van der Waals surface area (Å²) in [5.41, 5.74) is -1.59. The monoisotopic (exact) mass is 362 g/mol. The number of methoxy groups -OCH3 is 1. The number of ketones is 1. The van der Waals surface area contributed by atoms with Gasteiger partial charge in [-0.25, -0.2) is 4.79 Å². The number of benzene rings is 2. The van der Waals surface area contributed by atoms with Crippen molar-refractivity contribution in [1.82, 2.24) is 0 Å². The Morgan fingerprint density at radius 3 is 2.48 bits per heavy atom. The summed E-state index contributed by atoms with van der Waals surface area (Å²) in [5, 5.41) is 0.435. The average molecular weight is 362 g/mol. The Morgan fingerprint density at radius 2 is 1.80 bits per heavy atom. The number of hydrogen-bond acceptors (Lipinski definition) is 6. The molecule has 8 heteroatoms. The minimum Gasteiger partial charge on any atom is -0.497 e. The number of halogens is 1. The van der Waals surface area contributed by atoms with E-state index in [0.717, 1.165) is 12.1 Å². The molecular weight excluding hydrogens is 351 g/mol. The Hall–Kier alpha value is -3.00. The van der Waals surface area contributed by atoms with Gasteiger partial charge in [0, 0.05) is 17.0 Å². The van der Waals surface area contributed by atoms with Gasteiger partial charge < -0.3 is 9.15 Å². The number of carbonyl (C=O) groups excluding carboxylic acids is 1. The van der Waals surface area contributed by atoms with Crippen molar-refractivity contribution in [3.63, 3.8) is 0 Å². The van der Waals surface area contributed by atoms with E-state index >= 15 is 0 Å². The smallest absolute Gasteiger partial charge is 0.347 e. The Kier molecular flexibility index (Phi) is 4.13. The van der Waals surface area contributed by atoms with Crippen molar-refractivity contribution < 1.29 is 26.3 Å². The van der Waals surface area contributed by atoms with Crippen molar-refractivity contribution in [1.29, 1.82) is 0 Å². The third-order valence-electron chi connectivity index (χ3n) is 3.58. The van der Waals surface area contributed by atoms with Gasteiger partial charge in [0.1, 0.15) is 21.8 Å². The molecule has 1 heterocycles. The highest BCUT2D eigenvalue weighted by Crippen LogP contribution is 2.23. The first-order valence-electron chi connectivity index (χ1n) is 7.01. The van der Waals surface area contributed by atoms with Crippen LogP contribution in [0.1, 0.15) is 15.9 Å². The molecule has 0 fully saturated rings. The quantitative estimate of drug-likeness (QED) is 0.403. The zero-order valence-corrected chi connectivity index (χ0v) is 13.7. The molecular formula is C17H11FO6S. The van der Waals surface area contributed by atoms with Crippen LogP contribution in [0.15, 0.2) is 62.6 Å². The fourth-order valence-electron chi connectivity index (χ4n) is 2.39. The van der Waals surface area contributed by atoms with E-state index in [9.17, 15) is 21.9 Å². The zero-order valence-electron chi connectivity index (χ0n) is 12.9. The molecule has 0 aliphatic carbocycles. The average Bonchev–Trinajstić information content (AvgIpc) is 2.59. The lowest BCUT2D eigenvalue weighted by molar-refractivity contribution is 0.103. The Morgan fingerprint density at radius 1 is 1.08 bits per heavy atom. The second kappa shape index (κ2) is 6.14. The number of hydrogen-bond donors (Lipinski definition) is 0. The van der Waals surface area contributed by atoms with E-state index in [-0.39, 0.29) is 5.58 Å². The molecule has 2 aromatic carbocycles. The van der Waals surface area contributed by atoms with Gasteiger partial charge in [0.15, 0.2) is 0 Å². The minimum atomic E-state index is -5.12. The van der Waals surface area contributed by atoms with Gasteiger partial charge >= 0.3 is 15.8 Å². The SMILES string of the molecule is COc1ccc2cc(C(=O)c3ccccc3S(=O)(=O)F)c(=O)oc2c1. The minimum absolute atomic E-state index is 0.201. The molecule has 1 aromatic heterocycles. The summed E-state index contributed by atoms with van der Waals surface area (Å²) >= 11 is 0. The fourth-order valence-corrected chi connectivity index (χ4v) is 3.05. The van der Waals surface area contributed by atoms with Crippen LogP contribution in [0, 0.1) is 0 Å². The lowest BCUT2D eigenvalue weighted by Gasteiger charge is -2.06. The second-order valence-electron chi connectivity index (χ2n) is 5.11. The molecule has 0 aliphatic rings. The lowest BCUT2D eigenvalue weighted by atomic mass is 10.0. The maximum Gasteiger partial charge on any atom is 0.347 e. The third-order valence-corrected chi connectivity index (χ3v) is 4.46. The van der Waals surface area contributed by atoms with Gasteiger partial charge in [-0.2, -0.15) is 8.42 Å². The van der Waals surface area contributed by atoms with Crippen LogP contribution < -0.4 is 10.4 Å². The summed E-state index contributed by atoms with van der Waals surface area (Å²) in [5.74, 6) is -0.480. The van der Waals surface area contributed by atoms with Gasteiger partial charge in [-0.1, -0.05) is 12.1 Å². The van der Waals surface area contributed by atoms with E-state index < -0.39 is 37.7 Å². The second-order valence-corrected chi connectivity index (χ2v) is 6.43. The van der Waals surface area contributed by atoms with Crippen molar-refractivity contribution in [3.05, 3.63) is 70.1 Å². The molecule has 0 bridgehead atoms. The number of ether oxygens (including phenoxy) is 1. The van der Waals surface area contributed by atoms with Crippen LogP contribution in [-0.2, 0) is 10.2 Å². The molecule has 0 atom stereocenters. The number of fused-ring (bicyclic) bond motifs is 1. The molecule has 6 nitrogen and oxygen atoms in total. The van der Waals surface area contributed by atoms with Crippen LogP contribution in [0.5, 0.6) is 5.75 Å². The predicted octanol–water partition coefficient (Wildman–Crippen LogP) is 2.69. The summed E-state index contributed by atoms with van der Waals surface area (Å²) in [6, 6.07) is 10.7. The molecule has 128 valence electrons. The standard InChI is InChI=1S/C17H11FO6S/c1-23-11-7-6-10-8-13(17(20)24-14(10)9-11)16(19)12-4-2-3-5-15(12)25(18,21)22/h2-9H,1H3. The van der Waals surface area contributed by atoms with Gasteiger partial charge in [-0.15, -0.1) is 3.89 Å². The predicted molar refractivity (Wildman–Crippen MR) is 87.2 cm³/mol. The molecule has 0 unspecified atom stereocenters. The van der Waals surface area contributed by atoms with Gasteiger partial charge in [-0.3, -0.25) is 4.79 Å². The van der Waals surface area contributed by atoms with Crippen LogP contribution in [-0.4, -0.2) is 21.3 Å². The highest BCUT2D eigenvalue weighted by atomic mass is 32.3. The third kappa shape index (κ3) is 3.16.